The fourth-order valence-electron chi connectivity index (χ4n) is 2.37. The molecule has 3 heteroatoms. The number of aryl methyl sites for hydroxylation is 1. The fraction of sp³-hybridized carbons (Fsp3) is 0.647. The number of hydrogen-bond donors (Lipinski definition) is 2. The first-order valence-corrected chi connectivity index (χ1v) is 7.66. The van der Waals surface area contributed by atoms with Gasteiger partial charge in [0.1, 0.15) is 5.75 Å². The summed E-state index contributed by atoms with van der Waals surface area (Å²) in [6, 6.07) is 5.91. The number of hydrogen-bond acceptors (Lipinski definition) is 3. The minimum absolute atomic E-state index is 0.0596. The van der Waals surface area contributed by atoms with E-state index in [1.165, 1.54) is 25.7 Å². The molecule has 1 aromatic rings. The number of aliphatic hydroxyl groups excluding tert-OH is 1. The number of methoxy groups -OCH3 is 1. The molecule has 0 aliphatic heterocycles. The Hall–Kier alpha value is -1.06. The van der Waals surface area contributed by atoms with Crippen LogP contribution in [0.1, 0.15) is 56.8 Å². The van der Waals surface area contributed by atoms with E-state index in [0.29, 0.717) is 0 Å². The molecule has 114 valence electrons. The normalized spacial score (nSPS) is 14.1. The maximum Gasteiger partial charge on any atom is 0.121 e. The molecule has 0 aromatic heterocycles. The van der Waals surface area contributed by atoms with Crippen LogP contribution in [-0.2, 0) is 0 Å². The van der Waals surface area contributed by atoms with Crippen molar-refractivity contribution in [3.63, 3.8) is 0 Å². The summed E-state index contributed by atoms with van der Waals surface area (Å²) in [6.45, 7) is 7.21. The second-order valence-corrected chi connectivity index (χ2v) is 5.48. The summed E-state index contributed by atoms with van der Waals surface area (Å²) < 4.78 is 5.25. The topological polar surface area (TPSA) is 41.5 Å². The SMILES string of the molecule is CCCCCCNC(C)C(O)c1ccc(OC)c(C)c1. The van der Waals surface area contributed by atoms with Crippen LogP contribution < -0.4 is 10.1 Å². The second-order valence-electron chi connectivity index (χ2n) is 5.48. The van der Waals surface area contributed by atoms with Crippen molar-refractivity contribution < 1.29 is 9.84 Å². The first-order chi connectivity index (χ1) is 9.60. The van der Waals surface area contributed by atoms with Gasteiger partial charge in [-0.25, -0.2) is 0 Å². The van der Waals surface area contributed by atoms with Gasteiger partial charge < -0.3 is 15.2 Å². The molecule has 3 nitrogen and oxygen atoms in total. The molecular formula is C17H29NO2. The van der Waals surface area contributed by atoms with Crippen molar-refractivity contribution in [2.45, 2.75) is 58.6 Å². The Labute approximate surface area is 123 Å². The highest BCUT2D eigenvalue weighted by atomic mass is 16.5. The van der Waals surface area contributed by atoms with Crippen molar-refractivity contribution in [3.05, 3.63) is 29.3 Å². The third-order valence-corrected chi connectivity index (χ3v) is 3.73. The third-order valence-electron chi connectivity index (χ3n) is 3.73. The lowest BCUT2D eigenvalue weighted by molar-refractivity contribution is 0.136. The summed E-state index contributed by atoms with van der Waals surface area (Å²) >= 11 is 0. The van der Waals surface area contributed by atoms with Gasteiger partial charge in [-0.3, -0.25) is 0 Å². The largest absolute Gasteiger partial charge is 0.496 e. The molecule has 0 spiro atoms. The van der Waals surface area contributed by atoms with Crippen molar-refractivity contribution in [1.82, 2.24) is 5.32 Å². The molecule has 0 heterocycles. The molecule has 0 saturated carbocycles. The molecule has 0 amide bonds. The third kappa shape index (κ3) is 5.14. The molecule has 0 aliphatic carbocycles. The predicted molar refractivity (Wildman–Crippen MR) is 84.3 cm³/mol. The monoisotopic (exact) mass is 279 g/mol. The van der Waals surface area contributed by atoms with E-state index in [1.54, 1.807) is 7.11 Å². The Morgan fingerprint density at radius 1 is 1.25 bits per heavy atom. The Morgan fingerprint density at radius 3 is 2.60 bits per heavy atom. The molecule has 1 aromatic carbocycles. The Bertz CT molecular complexity index is 393. The summed E-state index contributed by atoms with van der Waals surface area (Å²) in [4.78, 5) is 0. The van der Waals surface area contributed by atoms with E-state index in [9.17, 15) is 5.11 Å². The number of benzene rings is 1. The smallest absolute Gasteiger partial charge is 0.121 e. The van der Waals surface area contributed by atoms with Crippen LogP contribution in [0.2, 0.25) is 0 Å². The Morgan fingerprint density at radius 2 is 2.00 bits per heavy atom. The van der Waals surface area contributed by atoms with E-state index >= 15 is 0 Å². The maximum atomic E-state index is 10.4. The highest BCUT2D eigenvalue weighted by Gasteiger charge is 2.16. The molecule has 0 bridgehead atoms. The molecule has 20 heavy (non-hydrogen) atoms. The lowest BCUT2D eigenvalue weighted by Crippen LogP contribution is -2.32. The van der Waals surface area contributed by atoms with Gasteiger partial charge in [-0.1, -0.05) is 32.3 Å². The van der Waals surface area contributed by atoms with Gasteiger partial charge in [0.15, 0.2) is 0 Å². The number of aliphatic hydroxyl groups is 1. The number of rotatable bonds is 9. The molecule has 2 atom stereocenters. The quantitative estimate of drug-likeness (QED) is 0.679. The first-order valence-electron chi connectivity index (χ1n) is 7.66. The van der Waals surface area contributed by atoms with Crippen LogP contribution in [0, 0.1) is 6.92 Å². The summed E-state index contributed by atoms with van der Waals surface area (Å²) in [6.07, 6.45) is 4.49. The van der Waals surface area contributed by atoms with Gasteiger partial charge in [0.25, 0.3) is 0 Å². The average Bonchev–Trinajstić information content (AvgIpc) is 2.46. The molecule has 1 rings (SSSR count). The summed E-state index contributed by atoms with van der Waals surface area (Å²) in [7, 11) is 1.67. The van der Waals surface area contributed by atoms with Gasteiger partial charge >= 0.3 is 0 Å². The van der Waals surface area contributed by atoms with Crippen LogP contribution in [0.5, 0.6) is 5.75 Å². The zero-order valence-electron chi connectivity index (χ0n) is 13.3. The van der Waals surface area contributed by atoms with E-state index in [-0.39, 0.29) is 6.04 Å². The average molecular weight is 279 g/mol. The van der Waals surface area contributed by atoms with Gasteiger partial charge in [0.2, 0.25) is 0 Å². The predicted octanol–water partition coefficient (Wildman–Crippen LogP) is 3.60. The minimum Gasteiger partial charge on any atom is -0.496 e. The highest BCUT2D eigenvalue weighted by molar-refractivity contribution is 5.37. The number of nitrogens with one attached hydrogen (secondary N) is 1. The van der Waals surface area contributed by atoms with Gasteiger partial charge in [-0.15, -0.1) is 0 Å². The van der Waals surface area contributed by atoms with Crippen molar-refractivity contribution >= 4 is 0 Å². The van der Waals surface area contributed by atoms with Crippen molar-refractivity contribution in [1.29, 1.82) is 0 Å². The second kappa shape index (κ2) is 8.98. The lowest BCUT2D eigenvalue weighted by Gasteiger charge is -2.21. The van der Waals surface area contributed by atoms with Gasteiger partial charge in [0, 0.05) is 6.04 Å². The molecule has 2 N–H and O–H groups in total. The summed E-state index contributed by atoms with van der Waals surface area (Å²) in [5.41, 5.74) is 2.00. The Kier molecular flexibility index (Phi) is 7.63. The van der Waals surface area contributed by atoms with Crippen LogP contribution in [0.15, 0.2) is 18.2 Å². The summed E-state index contributed by atoms with van der Waals surface area (Å²) in [5.74, 6) is 0.862. The molecule has 0 radical (unpaired) electrons. The van der Waals surface area contributed by atoms with E-state index in [2.05, 4.69) is 12.2 Å². The number of unbranched alkanes of at least 4 members (excludes halogenated alkanes) is 3. The van der Waals surface area contributed by atoms with E-state index in [4.69, 9.17) is 4.74 Å². The van der Waals surface area contributed by atoms with Crippen molar-refractivity contribution in [3.8, 4) is 5.75 Å². The zero-order valence-corrected chi connectivity index (χ0v) is 13.3. The molecule has 0 aliphatic rings. The van der Waals surface area contributed by atoms with Gasteiger partial charge in [-0.05, 0) is 50.1 Å². The van der Waals surface area contributed by atoms with Crippen LogP contribution in [0.4, 0.5) is 0 Å². The Balaban J connectivity index is 2.47. The van der Waals surface area contributed by atoms with Crippen LogP contribution in [0.25, 0.3) is 0 Å². The lowest BCUT2D eigenvalue weighted by atomic mass is 10.0. The fourth-order valence-corrected chi connectivity index (χ4v) is 2.37. The standard InChI is InChI=1S/C17H29NO2/c1-5-6-7-8-11-18-14(3)17(19)15-9-10-16(20-4)13(2)12-15/h9-10,12,14,17-19H,5-8,11H2,1-4H3. The minimum atomic E-state index is -0.481. The van der Waals surface area contributed by atoms with Crippen LogP contribution in [-0.4, -0.2) is 24.8 Å². The summed E-state index contributed by atoms with van der Waals surface area (Å²) in [5, 5.41) is 13.8. The molecule has 0 saturated heterocycles. The van der Waals surface area contributed by atoms with Crippen molar-refractivity contribution in [2.75, 3.05) is 13.7 Å². The molecule has 0 fully saturated rings. The van der Waals surface area contributed by atoms with E-state index in [0.717, 1.165) is 23.4 Å². The van der Waals surface area contributed by atoms with Crippen molar-refractivity contribution in [2.24, 2.45) is 0 Å². The van der Waals surface area contributed by atoms with Crippen LogP contribution in [0.3, 0.4) is 0 Å². The maximum absolute atomic E-state index is 10.4. The zero-order chi connectivity index (χ0) is 15.0. The van der Waals surface area contributed by atoms with Crippen LogP contribution >= 0.6 is 0 Å². The van der Waals surface area contributed by atoms with E-state index in [1.807, 2.05) is 32.0 Å². The van der Waals surface area contributed by atoms with Gasteiger partial charge in [-0.2, -0.15) is 0 Å². The van der Waals surface area contributed by atoms with Gasteiger partial charge in [0.05, 0.1) is 13.2 Å². The number of ether oxygens (including phenoxy) is 1. The molecular weight excluding hydrogens is 250 g/mol. The highest BCUT2D eigenvalue weighted by Crippen LogP contribution is 2.24. The van der Waals surface area contributed by atoms with E-state index < -0.39 is 6.10 Å². The molecule has 2 unspecified atom stereocenters. The first kappa shape index (κ1) is 17.0.